The maximum absolute atomic E-state index is 5.46. The Bertz CT molecular complexity index is 686. The van der Waals surface area contributed by atoms with E-state index in [2.05, 4.69) is 47.8 Å². The van der Waals surface area contributed by atoms with E-state index < -0.39 is 0 Å². The largest absolute Gasteiger partial charge is 0.372 e. The topological polar surface area (TPSA) is 36.9 Å². The van der Waals surface area contributed by atoms with Gasteiger partial charge < -0.3 is 15.0 Å². The first-order valence-electron chi connectivity index (χ1n) is 7.90. The third kappa shape index (κ3) is 4.95. The van der Waals surface area contributed by atoms with Crippen LogP contribution in [-0.4, -0.2) is 25.0 Å². The van der Waals surface area contributed by atoms with E-state index in [0.717, 1.165) is 25.7 Å². The van der Waals surface area contributed by atoms with Gasteiger partial charge in [-0.3, -0.25) is 0 Å². The normalized spacial score (nSPS) is 13.2. The molecular formula is C19H24IN3O. The van der Waals surface area contributed by atoms with Crippen LogP contribution in [0, 0.1) is 0 Å². The molecule has 0 aliphatic carbocycles. The fourth-order valence-corrected chi connectivity index (χ4v) is 2.62. The maximum atomic E-state index is 5.46. The summed E-state index contributed by atoms with van der Waals surface area (Å²) in [4.78, 5) is 6.74. The number of halogens is 1. The van der Waals surface area contributed by atoms with Crippen LogP contribution in [0.5, 0.6) is 0 Å². The number of benzene rings is 2. The van der Waals surface area contributed by atoms with Crippen LogP contribution < -0.4 is 5.32 Å². The molecule has 3 rings (SSSR count). The van der Waals surface area contributed by atoms with E-state index in [-0.39, 0.29) is 24.0 Å². The van der Waals surface area contributed by atoms with Gasteiger partial charge in [-0.2, -0.15) is 0 Å². The second-order valence-corrected chi connectivity index (χ2v) is 5.97. The average Bonchev–Trinajstić information content (AvgIpc) is 3.03. The lowest BCUT2D eigenvalue weighted by Crippen LogP contribution is -2.36. The lowest BCUT2D eigenvalue weighted by molar-refractivity contribution is 0.134. The summed E-state index contributed by atoms with van der Waals surface area (Å²) in [6.07, 6.45) is 0. The molecule has 1 aliphatic heterocycles. The Morgan fingerprint density at radius 2 is 1.79 bits per heavy atom. The van der Waals surface area contributed by atoms with E-state index in [1.165, 1.54) is 22.3 Å². The van der Waals surface area contributed by atoms with Gasteiger partial charge in [0.2, 0.25) is 0 Å². The molecule has 128 valence electrons. The molecule has 1 aliphatic rings. The van der Waals surface area contributed by atoms with Crippen molar-refractivity contribution in [2.45, 2.75) is 26.3 Å². The molecule has 2 aromatic rings. The van der Waals surface area contributed by atoms with E-state index in [9.17, 15) is 0 Å². The Kier molecular flexibility index (Phi) is 7.05. The van der Waals surface area contributed by atoms with Crippen molar-refractivity contribution in [1.29, 1.82) is 0 Å². The van der Waals surface area contributed by atoms with E-state index >= 15 is 0 Å². The third-order valence-electron chi connectivity index (χ3n) is 3.91. The van der Waals surface area contributed by atoms with Gasteiger partial charge in [0.05, 0.1) is 19.8 Å². The van der Waals surface area contributed by atoms with Crippen LogP contribution in [0.25, 0.3) is 0 Å². The summed E-state index contributed by atoms with van der Waals surface area (Å²) in [5, 5.41) is 3.41. The molecule has 0 radical (unpaired) electrons. The summed E-state index contributed by atoms with van der Waals surface area (Å²) in [7, 11) is 4.01. The molecule has 0 saturated carbocycles. The van der Waals surface area contributed by atoms with Gasteiger partial charge in [0.1, 0.15) is 0 Å². The molecule has 0 unspecified atom stereocenters. The van der Waals surface area contributed by atoms with Crippen LogP contribution in [0.3, 0.4) is 0 Å². The first kappa shape index (κ1) is 18.7. The number of hydrogen-bond acceptors (Lipinski definition) is 2. The monoisotopic (exact) mass is 437 g/mol. The van der Waals surface area contributed by atoms with Crippen molar-refractivity contribution >= 4 is 29.9 Å². The number of ether oxygens (including phenoxy) is 1. The van der Waals surface area contributed by atoms with Crippen LogP contribution in [0.2, 0.25) is 0 Å². The van der Waals surface area contributed by atoms with Crippen molar-refractivity contribution in [3.05, 3.63) is 70.8 Å². The van der Waals surface area contributed by atoms with Crippen LogP contribution in [0.4, 0.5) is 0 Å². The van der Waals surface area contributed by atoms with Gasteiger partial charge in [0, 0.05) is 20.6 Å². The van der Waals surface area contributed by atoms with Gasteiger partial charge >= 0.3 is 0 Å². The zero-order valence-corrected chi connectivity index (χ0v) is 16.5. The van der Waals surface area contributed by atoms with Crippen LogP contribution >= 0.6 is 24.0 Å². The van der Waals surface area contributed by atoms with Crippen LogP contribution in [0.15, 0.2) is 53.5 Å². The first-order valence-corrected chi connectivity index (χ1v) is 7.90. The minimum Gasteiger partial charge on any atom is -0.372 e. The van der Waals surface area contributed by atoms with Crippen LogP contribution in [0.1, 0.15) is 22.3 Å². The molecule has 0 aromatic heterocycles. The summed E-state index contributed by atoms with van der Waals surface area (Å²) >= 11 is 0. The van der Waals surface area contributed by atoms with Gasteiger partial charge in [0.15, 0.2) is 5.96 Å². The number of nitrogens with one attached hydrogen (secondary N) is 1. The number of fused-ring (bicyclic) bond motifs is 1. The summed E-state index contributed by atoms with van der Waals surface area (Å²) in [6.45, 7) is 2.90. The molecule has 0 amide bonds. The number of rotatable bonds is 4. The quantitative estimate of drug-likeness (QED) is 0.452. The van der Waals surface area contributed by atoms with E-state index in [0.29, 0.717) is 6.54 Å². The minimum absolute atomic E-state index is 0. The van der Waals surface area contributed by atoms with Gasteiger partial charge in [0.25, 0.3) is 0 Å². The van der Waals surface area contributed by atoms with Crippen LogP contribution in [-0.2, 0) is 31.0 Å². The highest BCUT2D eigenvalue weighted by atomic mass is 127. The molecule has 4 nitrogen and oxygen atoms in total. The van der Waals surface area contributed by atoms with E-state index in [1.54, 1.807) is 0 Å². The molecule has 0 saturated heterocycles. The molecule has 0 fully saturated rings. The van der Waals surface area contributed by atoms with Crippen molar-refractivity contribution in [3.63, 3.8) is 0 Å². The number of nitrogens with zero attached hydrogens (tertiary/aromatic N) is 2. The lowest BCUT2D eigenvalue weighted by Gasteiger charge is -2.18. The van der Waals surface area contributed by atoms with Gasteiger partial charge in [-0.05, 0) is 22.3 Å². The highest BCUT2D eigenvalue weighted by Gasteiger charge is 2.11. The number of hydrogen-bond donors (Lipinski definition) is 1. The van der Waals surface area contributed by atoms with Crippen molar-refractivity contribution in [2.24, 2.45) is 4.99 Å². The fraction of sp³-hybridized carbons (Fsp3) is 0.316. The Balaban J connectivity index is 0.00000208. The summed E-state index contributed by atoms with van der Waals surface area (Å²) in [5.41, 5.74) is 5.06. The molecule has 0 bridgehead atoms. The molecule has 1 heterocycles. The number of guanidine groups is 1. The standard InChI is InChI=1S/C19H23N3O.HI/c1-22(2)19(20-11-15-6-4-3-5-7-15)21-12-16-8-9-17-13-23-14-18(17)10-16;/h3-10H,11-14H2,1-2H3,(H,20,21);1H. The Labute approximate surface area is 160 Å². The average molecular weight is 437 g/mol. The van der Waals surface area contributed by atoms with E-state index in [4.69, 9.17) is 9.73 Å². The minimum atomic E-state index is 0. The third-order valence-corrected chi connectivity index (χ3v) is 3.91. The second-order valence-electron chi connectivity index (χ2n) is 5.97. The molecular weight excluding hydrogens is 413 g/mol. The highest BCUT2D eigenvalue weighted by Crippen LogP contribution is 2.21. The fourth-order valence-electron chi connectivity index (χ4n) is 2.62. The van der Waals surface area contributed by atoms with Gasteiger partial charge in [-0.1, -0.05) is 48.5 Å². The Morgan fingerprint density at radius 3 is 2.54 bits per heavy atom. The molecule has 5 heteroatoms. The van der Waals surface area contributed by atoms with Crippen molar-refractivity contribution in [3.8, 4) is 0 Å². The van der Waals surface area contributed by atoms with Crippen molar-refractivity contribution in [1.82, 2.24) is 10.2 Å². The maximum Gasteiger partial charge on any atom is 0.194 e. The molecule has 2 aromatic carbocycles. The zero-order chi connectivity index (χ0) is 16.1. The smallest absolute Gasteiger partial charge is 0.194 e. The summed E-state index contributed by atoms with van der Waals surface area (Å²) in [6, 6.07) is 16.9. The molecule has 0 spiro atoms. The summed E-state index contributed by atoms with van der Waals surface area (Å²) < 4.78 is 5.46. The highest BCUT2D eigenvalue weighted by molar-refractivity contribution is 14.0. The first-order chi connectivity index (χ1) is 11.2. The van der Waals surface area contributed by atoms with Crippen molar-refractivity contribution in [2.75, 3.05) is 14.1 Å². The lowest BCUT2D eigenvalue weighted by atomic mass is 10.1. The van der Waals surface area contributed by atoms with Gasteiger partial charge in [-0.25, -0.2) is 4.99 Å². The second kappa shape index (κ2) is 9.03. The predicted molar refractivity (Wildman–Crippen MR) is 108 cm³/mol. The molecule has 1 N–H and O–H groups in total. The predicted octanol–water partition coefficient (Wildman–Crippen LogP) is 3.54. The van der Waals surface area contributed by atoms with Crippen molar-refractivity contribution < 1.29 is 4.74 Å². The Morgan fingerprint density at radius 1 is 1.04 bits per heavy atom. The molecule has 24 heavy (non-hydrogen) atoms. The SMILES string of the molecule is CN(C)C(=NCc1ccc2c(c1)COC2)NCc1ccccc1.I. The summed E-state index contributed by atoms with van der Waals surface area (Å²) in [5.74, 6) is 0.894. The zero-order valence-electron chi connectivity index (χ0n) is 14.2. The van der Waals surface area contributed by atoms with E-state index in [1.807, 2.05) is 25.1 Å². The Hall–Kier alpha value is -1.60. The van der Waals surface area contributed by atoms with Gasteiger partial charge in [-0.15, -0.1) is 24.0 Å². The molecule has 0 atom stereocenters. The number of aliphatic imine (C=N–C) groups is 1.